The van der Waals surface area contributed by atoms with Crippen molar-refractivity contribution < 1.29 is 22.1 Å². The average molecular weight is 409 g/mol. The van der Waals surface area contributed by atoms with Crippen LogP contribution in [0.4, 0.5) is 0 Å². The Hall–Kier alpha value is -0.170. The highest BCUT2D eigenvalue weighted by Crippen LogP contribution is 2.12. The van der Waals surface area contributed by atoms with Crippen LogP contribution in [-0.2, 0) is 23.8 Å². The fourth-order valence-corrected chi connectivity index (χ4v) is 3.34. The highest BCUT2D eigenvalue weighted by atomic mass is 32.2. The third-order valence-electron chi connectivity index (χ3n) is 4.54. The standard InChI is InChI=1S/C21H44O5S/c1-3-4-5-6-7-8-9-10-11-12-13-14-15-16-17-24-18-19-25-20-21-26-27(2,22)23/h3-21H2,1-2H3. The van der Waals surface area contributed by atoms with Gasteiger partial charge >= 0.3 is 0 Å². The molecule has 0 aliphatic rings. The zero-order valence-corrected chi connectivity index (χ0v) is 18.7. The van der Waals surface area contributed by atoms with E-state index >= 15 is 0 Å². The molecule has 6 heteroatoms. The summed E-state index contributed by atoms with van der Waals surface area (Å²) in [6.07, 6.45) is 20.1. The van der Waals surface area contributed by atoms with Crippen molar-refractivity contribution in [1.29, 1.82) is 0 Å². The van der Waals surface area contributed by atoms with Crippen molar-refractivity contribution in [2.75, 3.05) is 39.3 Å². The molecule has 0 rings (SSSR count). The molecule has 27 heavy (non-hydrogen) atoms. The van der Waals surface area contributed by atoms with Crippen LogP contribution in [0.5, 0.6) is 0 Å². The van der Waals surface area contributed by atoms with Gasteiger partial charge in [-0.3, -0.25) is 4.18 Å². The van der Waals surface area contributed by atoms with E-state index in [1.165, 1.54) is 83.5 Å². The third kappa shape index (κ3) is 25.8. The Kier molecular flexibility index (Phi) is 20.4. The summed E-state index contributed by atoms with van der Waals surface area (Å²) < 4.78 is 36.8. The normalized spacial score (nSPS) is 11.9. The Morgan fingerprint density at radius 3 is 1.33 bits per heavy atom. The minimum atomic E-state index is -3.36. The molecule has 0 saturated carbocycles. The van der Waals surface area contributed by atoms with Crippen molar-refractivity contribution in [2.24, 2.45) is 0 Å². The van der Waals surface area contributed by atoms with Gasteiger partial charge in [0.15, 0.2) is 0 Å². The molecule has 5 nitrogen and oxygen atoms in total. The maximum atomic E-state index is 10.7. The molecule has 0 aromatic rings. The molecule has 0 aliphatic carbocycles. The van der Waals surface area contributed by atoms with Crippen LogP contribution in [0, 0.1) is 0 Å². The molecule has 0 fully saturated rings. The van der Waals surface area contributed by atoms with E-state index in [1.54, 1.807) is 0 Å². The van der Waals surface area contributed by atoms with E-state index in [-0.39, 0.29) is 13.2 Å². The van der Waals surface area contributed by atoms with Crippen LogP contribution in [0.15, 0.2) is 0 Å². The smallest absolute Gasteiger partial charge is 0.264 e. The maximum absolute atomic E-state index is 10.7. The first-order valence-electron chi connectivity index (χ1n) is 11.1. The third-order valence-corrected chi connectivity index (χ3v) is 5.13. The van der Waals surface area contributed by atoms with Crippen LogP contribution in [0.25, 0.3) is 0 Å². The largest absolute Gasteiger partial charge is 0.379 e. The molecule has 0 heterocycles. The second kappa shape index (κ2) is 20.6. The van der Waals surface area contributed by atoms with E-state index in [4.69, 9.17) is 9.47 Å². The topological polar surface area (TPSA) is 61.8 Å². The molecule has 0 N–H and O–H groups in total. The summed E-state index contributed by atoms with van der Waals surface area (Å²) in [7, 11) is -3.36. The van der Waals surface area contributed by atoms with Crippen molar-refractivity contribution in [3.05, 3.63) is 0 Å². The number of ether oxygens (including phenoxy) is 2. The molecule has 0 unspecified atom stereocenters. The van der Waals surface area contributed by atoms with Gasteiger partial charge in [-0.25, -0.2) is 0 Å². The molecule has 0 spiro atoms. The predicted molar refractivity (Wildman–Crippen MR) is 113 cm³/mol. The molecule has 0 radical (unpaired) electrons. The maximum Gasteiger partial charge on any atom is 0.264 e. The summed E-state index contributed by atoms with van der Waals surface area (Å²) in [6, 6.07) is 0. The Balaban J connectivity index is 3.03. The van der Waals surface area contributed by atoms with Crippen LogP contribution in [0.1, 0.15) is 96.8 Å². The van der Waals surface area contributed by atoms with E-state index in [1.807, 2.05) is 0 Å². The number of hydrogen-bond acceptors (Lipinski definition) is 5. The van der Waals surface area contributed by atoms with Crippen molar-refractivity contribution in [1.82, 2.24) is 0 Å². The summed E-state index contributed by atoms with van der Waals surface area (Å²) in [5.74, 6) is 0. The van der Waals surface area contributed by atoms with E-state index in [0.717, 1.165) is 19.3 Å². The molecule has 0 amide bonds. The molecular weight excluding hydrogens is 364 g/mol. The van der Waals surface area contributed by atoms with E-state index < -0.39 is 10.1 Å². The lowest BCUT2D eigenvalue weighted by Crippen LogP contribution is -2.12. The Bertz CT molecular complexity index is 384. The second-order valence-electron chi connectivity index (χ2n) is 7.35. The summed E-state index contributed by atoms with van der Waals surface area (Å²) in [6.45, 7) is 4.42. The van der Waals surface area contributed by atoms with Gasteiger partial charge in [0.2, 0.25) is 0 Å². The molecule has 164 valence electrons. The van der Waals surface area contributed by atoms with Gasteiger partial charge < -0.3 is 9.47 Å². The zero-order chi connectivity index (χ0) is 20.1. The summed E-state index contributed by atoms with van der Waals surface area (Å²) in [4.78, 5) is 0. The zero-order valence-electron chi connectivity index (χ0n) is 17.9. The fourth-order valence-electron chi connectivity index (χ4n) is 2.96. The summed E-state index contributed by atoms with van der Waals surface area (Å²) in [5.41, 5.74) is 0. The van der Waals surface area contributed by atoms with Gasteiger partial charge in [0, 0.05) is 6.61 Å². The highest BCUT2D eigenvalue weighted by Gasteiger charge is 2.00. The Morgan fingerprint density at radius 2 is 0.889 bits per heavy atom. The molecule has 0 aliphatic heterocycles. The van der Waals surface area contributed by atoms with Gasteiger partial charge in [-0.15, -0.1) is 0 Å². The molecular formula is C21H44O5S. The predicted octanol–water partition coefficient (Wildman–Crippen LogP) is 5.48. The van der Waals surface area contributed by atoms with Gasteiger partial charge in [0.25, 0.3) is 10.1 Å². The minimum absolute atomic E-state index is 0.0673. The van der Waals surface area contributed by atoms with Crippen LogP contribution in [0.3, 0.4) is 0 Å². The second-order valence-corrected chi connectivity index (χ2v) is 8.99. The monoisotopic (exact) mass is 408 g/mol. The average Bonchev–Trinajstić information content (AvgIpc) is 2.62. The lowest BCUT2D eigenvalue weighted by molar-refractivity contribution is 0.0360. The molecule has 0 aromatic carbocycles. The van der Waals surface area contributed by atoms with Gasteiger partial charge in [-0.2, -0.15) is 8.42 Å². The Morgan fingerprint density at radius 1 is 0.519 bits per heavy atom. The summed E-state index contributed by atoms with van der Waals surface area (Å²) >= 11 is 0. The van der Waals surface area contributed by atoms with Crippen molar-refractivity contribution in [3.63, 3.8) is 0 Å². The first-order chi connectivity index (χ1) is 13.1. The first kappa shape index (κ1) is 26.8. The minimum Gasteiger partial charge on any atom is -0.379 e. The van der Waals surface area contributed by atoms with Crippen LogP contribution >= 0.6 is 0 Å². The highest BCUT2D eigenvalue weighted by molar-refractivity contribution is 7.85. The van der Waals surface area contributed by atoms with E-state index in [9.17, 15) is 8.42 Å². The molecule has 0 atom stereocenters. The SMILES string of the molecule is CCCCCCCCCCCCCCCCOCCOCCOS(C)(=O)=O. The van der Waals surface area contributed by atoms with Crippen molar-refractivity contribution >= 4 is 10.1 Å². The quantitative estimate of drug-likeness (QED) is 0.175. The van der Waals surface area contributed by atoms with Crippen LogP contribution in [-0.4, -0.2) is 47.7 Å². The van der Waals surface area contributed by atoms with Crippen LogP contribution < -0.4 is 0 Å². The molecule has 0 saturated heterocycles. The number of unbranched alkanes of at least 4 members (excludes halogenated alkanes) is 13. The lowest BCUT2D eigenvalue weighted by Gasteiger charge is -2.06. The fraction of sp³-hybridized carbons (Fsp3) is 1.00. The Labute approximate surface area is 168 Å². The van der Waals surface area contributed by atoms with Gasteiger partial charge in [-0.05, 0) is 6.42 Å². The lowest BCUT2D eigenvalue weighted by atomic mass is 10.0. The first-order valence-corrected chi connectivity index (χ1v) is 12.9. The van der Waals surface area contributed by atoms with E-state index in [0.29, 0.717) is 13.2 Å². The molecule has 0 aromatic heterocycles. The van der Waals surface area contributed by atoms with Crippen molar-refractivity contribution in [2.45, 2.75) is 96.8 Å². The van der Waals surface area contributed by atoms with E-state index in [2.05, 4.69) is 11.1 Å². The summed E-state index contributed by atoms with van der Waals surface area (Å²) in [5, 5.41) is 0. The van der Waals surface area contributed by atoms with Crippen molar-refractivity contribution in [3.8, 4) is 0 Å². The van der Waals surface area contributed by atoms with Gasteiger partial charge in [0.05, 0.1) is 32.7 Å². The van der Waals surface area contributed by atoms with Crippen LogP contribution in [0.2, 0.25) is 0 Å². The van der Waals surface area contributed by atoms with Gasteiger partial charge in [-0.1, -0.05) is 90.4 Å². The van der Waals surface area contributed by atoms with Gasteiger partial charge in [0.1, 0.15) is 0 Å². The number of rotatable bonds is 22. The number of hydrogen-bond donors (Lipinski definition) is 0. The molecule has 0 bridgehead atoms.